The molecule has 0 spiro atoms. The van der Waals surface area contributed by atoms with Gasteiger partial charge in [0.25, 0.3) is 0 Å². The summed E-state index contributed by atoms with van der Waals surface area (Å²) in [5, 5.41) is 8.98. The summed E-state index contributed by atoms with van der Waals surface area (Å²) in [6.07, 6.45) is 5.31. The van der Waals surface area contributed by atoms with Crippen LogP contribution in [0.3, 0.4) is 0 Å². The number of nitrogens with zero attached hydrogens (tertiary/aromatic N) is 1. The van der Waals surface area contributed by atoms with E-state index >= 15 is 0 Å². The maximum absolute atomic E-state index is 8.98. The van der Waals surface area contributed by atoms with E-state index in [-0.39, 0.29) is 0 Å². The van der Waals surface area contributed by atoms with E-state index in [0.717, 1.165) is 11.3 Å². The molecule has 86 valence electrons. The number of hydrogen-bond donors (Lipinski definition) is 0. The van der Waals surface area contributed by atoms with E-state index in [0.29, 0.717) is 16.9 Å². The Bertz CT molecular complexity index is 660. The highest BCUT2D eigenvalue weighted by Gasteiger charge is 2.03. The normalized spacial score (nSPS) is 9.28. The Morgan fingerprint density at radius 1 is 1.06 bits per heavy atom. The Morgan fingerprint density at radius 3 is 2.50 bits per heavy atom. The molecule has 0 radical (unpaired) electrons. The first-order valence-electron chi connectivity index (χ1n) is 5.48. The van der Waals surface area contributed by atoms with E-state index in [1.807, 2.05) is 31.2 Å². The summed E-state index contributed by atoms with van der Waals surface area (Å²) in [4.78, 5) is 0. The summed E-state index contributed by atoms with van der Waals surface area (Å²) in [6.45, 7) is 2.00. The molecule has 0 unspecified atom stereocenters. The van der Waals surface area contributed by atoms with Gasteiger partial charge in [0.15, 0.2) is 0 Å². The van der Waals surface area contributed by atoms with E-state index < -0.39 is 0 Å². The number of aryl methyl sites for hydroxylation is 1. The van der Waals surface area contributed by atoms with Gasteiger partial charge >= 0.3 is 0 Å². The standard InChI is InChI=1S/C16H11NO/c1-3-13-7-8-16(10-14(13)11-17)18-15-6-4-5-12(2)9-15/h1,4-10H,2H3. The van der Waals surface area contributed by atoms with Crippen LogP contribution in [0.1, 0.15) is 16.7 Å². The van der Waals surface area contributed by atoms with Gasteiger partial charge in [0.1, 0.15) is 17.6 Å². The summed E-state index contributed by atoms with van der Waals surface area (Å²) in [6, 6.07) is 14.9. The molecule has 0 heterocycles. The van der Waals surface area contributed by atoms with Gasteiger partial charge in [-0.2, -0.15) is 5.26 Å². The molecule has 0 aromatic heterocycles. The number of terminal acetylenes is 1. The Hall–Kier alpha value is -2.71. The van der Waals surface area contributed by atoms with E-state index in [4.69, 9.17) is 16.4 Å². The Balaban J connectivity index is 2.31. The SMILES string of the molecule is C#Cc1ccc(Oc2cccc(C)c2)cc1C#N. The molecule has 0 fully saturated rings. The minimum absolute atomic E-state index is 0.447. The van der Waals surface area contributed by atoms with Crippen molar-refractivity contribution in [1.29, 1.82) is 5.26 Å². The lowest BCUT2D eigenvalue weighted by molar-refractivity contribution is 0.482. The van der Waals surface area contributed by atoms with Crippen LogP contribution < -0.4 is 4.74 Å². The second-order valence-electron chi connectivity index (χ2n) is 3.88. The van der Waals surface area contributed by atoms with Gasteiger partial charge < -0.3 is 4.74 Å². The largest absolute Gasteiger partial charge is 0.457 e. The van der Waals surface area contributed by atoms with Gasteiger partial charge in [0.05, 0.1) is 5.56 Å². The van der Waals surface area contributed by atoms with Crippen molar-refractivity contribution in [3.63, 3.8) is 0 Å². The summed E-state index contributed by atoms with van der Waals surface area (Å²) in [5.41, 5.74) is 2.14. The van der Waals surface area contributed by atoms with Crippen LogP contribution in [0.2, 0.25) is 0 Å². The fourth-order valence-corrected chi connectivity index (χ4v) is 1.62. The number of ether oxygens (including phenoxy) is 1. The molecule has 0 aliphatic rings. The predicted molar refractivity (Wildman–Crippen MR) is 70.3 cm³/mol. The van der Waals surface area contributed by atoms with Gasteiger partial charge in [0.2, 0.25) is 0 Å². The number of benzene rings is 2. The maximum Gasteiger partial charge on any atom is 0.128 e. The molecule has 0 amide bonds. The summed E-state index contributed by atoms with van der Waals surface area (Å²) < 4.78 is 5.68. The molecule has 0 saturated carbocycles. The lowest BCUT2D eigenvalue weighted by atomic mass is 10.1. The third-order valence-corrected chi connectivity index (χ3v) is 2.49. The molecular formula is C16H11NO. The third kappa shape index (κ3) is 2.51. The summed E-state index contributed by atoms with van der Waals surface area (Å²) in [5.74, 6) is 3.82. The molecule has 2 aromatic carbocycles. The van der Waals surface area contributed by atoms with E-state index in [2.05, 4.69) is 12.0 Å². The fourth-order valence-electron chi connectivity index (χ4n) is 1.62. The highest BCUT2D eigenvalue weighted by molar-refractivity contribution is 5.51. The van der Waals surface area contributed by atoms with Crippen LogP contribution in [0.5, 0.6) is 11.5 Å². The minimum Gasteiger partial charge on any atom is -0.457 e. The Labute approximate surface area is 106 Å². The zero-order valence-corrected chi connectivity index (χ0v) is 9.97. The highest BCUT2D eigenvalue weighted by atomic mass is 16.5. The maximum atomic E-state index is 8.98. The third-order valence-electron chi connectivity index (χ3n) is 2.49. The molecule has 2 rings (SSSR count). The second-order valence-corrected chi connectivity index (χ2v) is 3.88. The van der Waals surface area contributed by atoms with Crippen LogP contribution >= 0.6 is 0 Å². The number of rotatable bonds is 2. The van der Waals surface area contributed by atoms with E-state index in [9.17, 15) is 0 Å². The zero-order valence-electron chi connectivity index (χ0n) is 9.97. The first kappa shape index (κ1) is 11.8. The molecule has 0 bridgehead atoms. The van der Waals surface area contributed by atoms with Crippen LogP contribution in [0.4, 0.5) is 0 Å². The lowest BCUT2D eigenvalue weighted by Gasteiger charge is -2.07. The van der Waals surface area contributed by atoms with Crippen molar-refractivity contribution < 1.29 is 4.74 Å². The topological polar surface area (TPSA) is 33.0 Å². The molecule has 0 saturated heterocycles. The summed E-state index contributed by atoms with van der Waals surface area (Å²) in [7, 11) is 0. The minimum atomic E-state index is 0.447. The van der Waals surface area contributed by atoms with Crippen molar-refractivity contribution in [2.24, 2.45) is 0 Å². The average molecular weight is 233 g/mol. The first-order chi connectivity index (χ1) is 8.72. The molecule has 0 atom stereocenters. The molecule has 0 N–H and O–H groups in total. The van der Waals surface area contributed by atoms with Crippen LogP contribution in [0, 0.1) is 30.6 Å². The monoisotopic (exact) mass is 233 g/mol. The average Bonchev–Trinajstić information content (AvgIpc) is 2.38. The van der Waals surface area contributed by atoms with Gasteiger partial charge in [-0.15, -0.1) is 6.42 Å². The van der Waals surface area contributed by atoms with Crippen molar-refractivity contribution >= 4 is 0 Å². The number of hydrogen-bond acceptors (Lipinski definition) is 2. The smallest absolute Gasteiger partial charge is 0.128 e. The van der Waals surface area contributed by atoms with Gasteiger partial charge in [-0.25, -0.2) is 0 Å². The lowest BCUT2D eigenvalue weighted by Crippen LogP contribution is -1.88. The molecule has 2 aromatic rings. The zero-order chi connectivity index (χ0) is 13.0. The van der Waals surface area contributed by atoms with Crippen LogP contribution in [-0.4, -0.2) is 0 Å². The second kappa shape index (κ2) is 5.08. The van der Waals surface area contributed by atoms with E-state index in [1.54, 1.807) is 18.2 Å². The molecule has 0 aliphatic heterocycles. The van der Waals surface area contributed by atoms with Crippen LogP contribution in [0.15, 0.2) is 42.5 Å². The first-order valence-corrected chi connectivity index (χ1v) is 5.48. The van der Waals surface area contributed by atoms with Crippen LogP contribution in [-0.2, 0) is 0 Å². The van der Waals surface area contributed by atoms with Gasteiger partial charge in [-0.1, -0.05) is 18.1 Å². The molecule has 2 heteroatoms. The molecular weight excluding hydrogens is 222 g/mol. The van der Waals surface area contributed by atoms with Gasteiger partial charge in [-0.05, 0) is 42.8 Å². The highest BCUT2D eigenvalue weighted by Crippen LogP contribution is 2.24. The van der Waals surface area contributed by atoms with Crippen LogP contribution in [0.25, 0.3) is 0 Å². The summed E-state index contributed by atoms with van der Waals surface area (Å²) >= 11 is 0. The quantitative estimate of drug-likeness (QED) is 0.742. The van der Waals surface area contributed by atoms with E-state index in [1.165, 1.54) is 0 Å². The molecule has 2 nitrogen and oxygen atoms in total. The fraction of sp³-hybridized carbons (Fsp3) is 0.0625. The van der Waals surface area contributed by atoms with Crippen molar-refractivity contribution in [2.45, 2.75) is 6.92 Å². The molecule has 18 heavy (non-hydrogen) atoms. The van der Waals surface area contributed by atoms with Crippen molar-refractivity contribution in [1.82, 2.24) is 0 Å². The van der Waals surface area contributed by atoms with Crippen molar-refractivity contribution in [3.8, 4) is 29.9 Å². The predicted octanol–water partition coefficient (Wildman–Crippen LogP) is 3.64. The van der Waals surface area contributed by atoms with Gasteiger partial charge in [-0.3, -0.25) is 0 Å². The van der Waals surface area contributed by atoms with Crippen molar-refractivity contribution in [3.05, 3.63) is 59.2 Å². The Morgan fingerprint density at radius 2 is 1.83 bits per heavy atom. The van der Waals surface area contributed by atoms with Crippen molar-refractivity contribution in [2.75, 3.05) is 0 Å². The Kier molecular flexibility index (Phi) is 3.32. The number of nitriles is 1. The molecule has 0 aliphatic carbocycles. The van der Waals surface area contributed by atoms with Gasteiger partial charge in [0, 0.05) is 5.56 Å².